The highest BCUT2D eigenvalue weighted by Crippen LogP contribution is 1.88. The van der Waals surface area contributed by atoms with E-state index in [1.165, 1.54) is 0 Å². The third-order valence-corrected chi connectivity index (χ3v) is 1.34. The number of hydrogen-bond acceptors (Lipinski definition) is 2. The number of ether oxygens (including phenoxy) is 2. The molecule has 0 saturated heterocycles. The number of quaternary nitrogens is 1. The molecule has 0 bridgehead atoms. The lowest BCUT2D eigenvalue weighted by atomic mass is 10.5. The number of nitrogens with zero attached hydrogens (tertiary/aromatic N) is 1. The van der Waals surface area contributed by atoms with Gasteiger partial charge in [0.2, 0.25) is 0 Å². The zero-order chi connectivity index (χ0) is 8.74. The fraction of sp³-hybridized carbons (Fsp3) is 1.00. The van der Waals surface area contributed by atoms with Crippen LogP contribution in [0.25, 0.3) is 0 Å². The van der Waals surface area contributed by atoms with Gasteiger partial charge in [0.1, 0.15) is 6.54 Å². The topological polar surface area (TPSA) is 18.5 Å². The van der Waals surface area contributed by atoms with E-state index in [4.69, 9.17) is 9.47 Å². The summed E-state index contributed by atoms with van der Waals surface area (Å²) in [5.41, 5.74) is 0. The van der Waals surface area contributed by atoms with Gasteiger partial charge < -0.3 is 30.9 Å². The minimum atomic E-state index is 0. The fourth-order valence-corrected chi connectivity index (χ4v) is 0.583. The molecule has 0 heterocycles. The van der Waals surface area contributed by atoms with E-state index in [1.807, 2.05) is 0 Å². The van der Waals surface area contributed by atoms with Gasteiger partial charge in [0, 0.05) is 7.11 Å². The van der Waals surface area contributed by atoms with Crippen LogP contribution >= 0.6 is 0 Å². The molecule has 0 rings (SSSR count). The van der Waals surface area contributed by atoms with E-state index in [1.54, 1.807) is 7.11 Å². The van der Waals surface area contributed by atoms with Crippen LogP contribution < -0.4 is 17.0 Å². The molecule has 0 atom stereocenters. The van der Waals surface area contributed by atoms with Gasteiger partial charge in [0.15, 0.2) is 0 Å². The standard InChI is InChI=1S/C8H20NO2.BrH/c1-9(2,3)5-6-11-8-7-10-4;/h5-8H2,1-4H3;1H/q+1;/p-1. The first-order valence-electron chi connectivity index (χ1n) is 3.93. The van der Waals surface area contributed by atoms with Gasteiger partial charge in [-0.3, -0.25) is 0 Å². The summed E-state index contributed by atoms with van der Waals surface area (Å²) in [6.45, 7) is 3.25. The SMILES string of the molecule is COCCOCC[N+](C)(C)C.[Br-]. The summed E-state index contributed by atoms with van der Waals surface area (Å²) >= 11 is 0. The van der Waals surface area contributed by atoms with Gasteiger partial charge in [0.25, 0.3) is 0 Å². The second-order valence-corrected chi connectivity index (χ2v) is 3.62. The van der Waals surface area contributed by atoms with E-state index in [-0.39, 0.29) is 17.0 Å². The molecule has 0 spiro atoms. The molecule has 0 amide bonds. The quantitative estimate of drug-likeness (QED) is 0.374. The Morgan fingerprint density at radius 2 is 1.58 bits per heavy atom. The molecule has 76 valence electrons. The number of likely N-dealkylation sites (N-methyl/N-ethyl adjacent to an activating group) is 1. The molecule has 0 aliphatic carbocycles. The maximum Gasteiger partial charge on any atom is 0.102 e. The van der Waals surface area contributed by atoms with E-state index in [0.717, 1.165) is 17.6 Å². The zero-order valence-electron chi connectivity index (χ0n) is 8.47. The van der Waals surface area contributed by atoms with Crippen LogP contribution in [-0.2, 0) is 9.47 Å². The van der Waals surface area contributed by atoms with Gasteiger partial charge in [-0.1, -0.05) is 0 Å². The largest absolute Gasteiger partial charge is 1.00 e. The second-order valence-electron chi connectivity index (χ2n) is 3.62. The van der Waals surface area contributed by atoms with E-state index in [2.05, 4.69) is 21.1 Å². The minimum Gasteiger partial charge on any atom is -1.00 e. The van der Waals surface area contributed by atoms with E-state index in [9.17, 15) is 0 Å². The molecule has 4 heteroatoms. The van der Waals surface area contributed by atoms with Crippen molar-refractivity contribution in [1.82, 2.24) is 0 Å². The van der Waals surface area contributed by atoms with E-state index >= 15 is 0 Å². The Labute approximate surface area is 86.0 Å². The fourth-order valence-electron chi connectivity index (χ4n) is 0.583. The Morgan fingerprint density at radius 3 is 2.00 bits per heavy atom. The molecule has 0 aliphatic heterocycles. The molecule has 0 fully saturated rings. The summed E-state index contributed by atoms with van der Waals surface area (Å²) in [7, 11) is 8.14. The highest BCUT2D eigenvalue weighted by molar-refractivity contribution is 4.30. The Bertz CT molecular complexity index is 93.5. The summed E-state index contributed by atoms with van der Waals surface area (Å²) in [6, 6.07) is 0. The van der Waals surface area contributed by atoms with Crippen molar-refractivity contribution >= 4 is 0 Å². The van der Waals surface area contributed by atoms with Gasteiger partial charge in [-0.15, -0.1) is 0 Å². The lowest BCUT2D eigenvalue weighted by Gasteiger charge is -2.23. The molecule has 0 radical (unpaired) electrons. The molecule has 0 saturated carbocycles. The van der Waals surface area contributed by atoms with Gasteiger partial charge in [0.05, 0.1) is 41.0 Å². The van der Waals surface area contributed by atoms with Gasteiger partial charge in [-0.25, -0.2) is 0 Å². The summed E-state index contributed by atoms with van der Waals surface area (Å²) in [6.07, 6.45) is 0. The minimum absolute atomic E-state index is 0. The maximum absolute atomic E-state index is 5.31. The smallest absolute Gasteiger partial charge is 0.102 e. The Balaban J connectivity index is 0. The van der Waals surface area contributed by atoms with Crippen molar-refractivity contribution in [2.24, 2.45) is 0 Å². The summed E-state index contributed by atoms with van der Waals surface area (Å²) in [5, 5.41) is 0. The van der Waals surface area contributed by atoms with Gasteiger partial charge >= 0.3 is 0 Å². The molecular weight excluding hydrogens is 222 g/mol. The Morgan fingerprint density at radius 1 is 1.00 bits per heavy atom. The predicted octanol–water partition coefficient (Wildman–Crippen LogP) is -2.64. The monoisotopic (exact) mass is 241 g/mol. The normalized spacial score (nSPS) is 11.0. The molecule has 0 aromatic rings. The first-order chi connectivity index (χ1) is 5.06. The third kappa shape index (κ3) is 13.0. The van der Waals surface area contributed by atoms with Crippen LogP contribution in [-0.4, -0.2) is 59.1 Å². The molecule has 0 aliphatic rings. The summed E-state index contributed by atoms with van der Waals surface area (Å²) < 4.78 is 11.1. The van der Waals surface area contributed by atoms with Crippen LogP contribution in [0.2, 0.25) is 0 Å². The Hall–Kier alpha value is 0.360. The summed E-state index contributed by atoms with van der Waals surface area (Å²) in [4.78, 5) is 0. The Kier molecular flexibility index (Phi) is 9.88. The second kappa shape index (κ2) is 7.98. The molecule has 0 unspecified atom stereocenters. The van der Waals surface area contributed by atoms with Crippen LogP contribution in [0.1, 0.15) is 0 Å². The van der Waals surface area contributed by atoms with Crippen molar-refractivity contribution in [2.75, 3.05) is 54.6 Å². The van der Waals surface area contributed by atoms with Crippen LogP contribution in [0.3, 0.4) is 0 Å². The predicted molar refractivity (Wildman–Crippen MR) is 45.6 cm³/mol. The van der Waals surface area contributed by atoms with Gasteiger partial charge in [-0.2, -0.15) is 0 Å². The van der Waals surface area contributed by atoms with Crippen molar-refractivity contribution in [2.45, 2.75) is 0 Å². The third-order valence-electron chi connectivity index (χ3n) is 1.34. The van der Waals surface area contributed by atoms with Crippen molar-refractivity contribution in [3.8, 4) is 0 Å². The van der Waals surface area contributed by atoms with E-state index < -0.39 is 0 Å². The lowest BCUT2D eigenvalue weighted by Crippen LogP contribution is -3.00. The first kappa shape index (κ1) is 14.9. The molecule has 0 N–H and O–H groups in total. The van der Waals surface area contributed by atoms with Crippen molar-refractivity contribution in [1.29, 1.82) is 0 Å². The molecule has 0 aromatic heterocycles. The van der Waals surface area contributed by atoms with Gasteiger partial charge in [-0.05, 0) is 0 Å². The molecule has 0 aromatic carbocycles. The highest BCUT2D eigenvalue weighted by atomic mass is 79.9. The van der Waals surface area contributed by atoms with Crippen LogP contribution in [0.4, 0.5) is 0 Å². The highest BCUT2D eigenvalue weighted by Gasteiger charge is 2.04. The van der Waals surface area contributed by atoms with Crippen LogP contribution in [0.15, 0.2) is 0 Å². The number of halogens is 1. The molecule has 12 heavy (non-hydrogen) atoms. The number of methoxy groups -OCH3 is 1. The van der Waals surface area contributed by atoms with Crippen LogP contribution in [0.5, 0.6) is 0 Å². The van der Waals surface area contributed by atoms with E-state index in [0.29, 0.717) is 13.2 Å². The molecular formula is C8H20BrNO2. The average Bonchev–Trinajstić information content (AvgIpc) is 1.85. The number of hydrogen-bond donors (Lipinski definition) is 0. The lowest BCUT2D eigenvalue weighted by molar-refractivity contribution is -0.870. The average molecular weight is 242 g/mol. The first-order valence-corrected chi connectivity index (χ1v) is 3.93. The van der Waals surface area contributed by atoms with Crippen molar-refractivity contribution < 1.29 is 30.9 Å². The number of rotatable bonds is 6. The zero-order valence-corrected chi connectivity index (χ0v) is 10.1. The molecule has 3 nitrogen and oxygen atoms in total. The van der Waals surface area contributed by atoms with Crippen molar-refractivity contribution in [3.05, 3.63) is 0 Å². The van der Waals surface area contributed by atoms with Crippen molar-refractivity contribution in [3.63, 3.8) is 0 Å². The summed E-state index contributed by atoms with van der Waals surface area (Å²) in [5.74, 6) is 0. The maximum atomic E-state index is 5.31. The van der Waals surface area contributed by atoms with Crippen LogP contribution in [0, 0.1) is 0 Å².